The number of carbonyl (C=O) groups excluding carboxylic acids is 11. The van der Waals surface area contributed by atoms with Gasteiger partial charge in [0.15, 0.2) is 24.0 Å². The Kier molecular flexibility index (Phi) is 27.5. The van der Waals surface area contributed by atoms with E-state index in [9.17, 15) is 63.0 Å². The Morgan fingerprint density at radius 3 is 1.95 bits per heavy atom. The zero-order valence-corrected chi connectivity index (χ0v) is 54.4. The molecule has 3 aromatic carbocycles. The first-order valence-electron chi connectivity index (χ1n) is 31.7. The molecule has 4 aliphatic rings. The number of imide groups is 1. The zero-order valence-electron chi connectivity index (χ0n) is 54.4. The van der Waals surface area contributed by atoms with E-state index in [0.29, 0.717) is 5.56 Å². The first-order valence-corrected chi connectivity index (χ1v) is 31.7. The maximum Gasteiger partial charge on any atom is 0.253 e. The van der Waals surface area contributed by atoms with Crippen molar-refractivity contribution in [3.8, 4) is 17.2 Å². The molecule has 0 spiro atoms. The van der Waals surface area contributed by atoms with E-state index >= 15 is 0 Å². The van der Waals surface area contributed by atoms with E-state index in [1.165, 1.54) is 39.3 Å². The fourth-order valence-electron chi connectivity index (χ4n) is 11.8. The van der Waals surface area contributed by atoms with E-state index in [0.717, 1.165) is 17.1 Å². The number of guanidine groups is 2. The summed E-state index contributed by atoms with van der Waals surface area (Å²) < 4.78 is 35.0. The average Bonchev–Trinajstić information content (AvgIpc) is 1.03. The van der Waals surface area contributed by atoms with Crippen LogP contribution in [0.25, 0.3) is 0 Å². The number of phenols is 2. The highest BCUT2D eigenvalue weighted by molar-refractivity contribution is 6.31. The number of carbonyl (C=O) groups is 11. The van der Waals surface area contributed by atoms with Crippen molar-refractivity contribution in [1.82, 2.24) is 36.8 Å². The van der Waals surface area contributed by atoms with Gasteiger partial charge in [0.25, 0.3) is 11.8 Å². The number of nitrogens with one attached hydrogen (secondary N) is 6. The number of nitrogens with zero attached hydrogens (tertiary/aromatic N) is 3. The minimum atomic E-state index is -1.36. The van der Waals surface area contributed by atoms with Crippen molar-refractivity contribution in [3.63, 3.8) is 0 Å². The number of nitrogens with two attached hydrogens (primary N) is 4. The van der Waals surface area contributed by atoms with Crippen LogP contribution in [0.15, 0.2) is 70.7 Å². The first-order chi connectivity index (χ1) is 46.4. The molecule has 2 aliphatic heterocycles. The van der Waals surface area contributed by atoms with Gasteiger partial charge in [-0.05, 0) is 64.0 Å². The summed E-state index contributed by atoms with van der Waals surface area (Å²) in [7, 11) is 2.71. The van der Waals surface area contributed by atoms with E-state index < -0.39 is 137 Å². The maximum absolute atomic E-state index is 14.5. The largest absolute Gasteiger partial charge is 0.507 e. The molecule has 32 nitrogen and oxygen atoms in total. The molecular weight excluding hydrogens is 1270 g/mol. The molecule has 9 atom stereocenters. The number of aromatic hydroxyl groups is 2. The lowest BCUT2D eigenvalue weighted by atomic mass is 9.74. The lowest BCUT2D eigenvalue weighted by Crippen LogP contribution is -2.58. The Morgan fingerprint density at radius 2 is 1.32 bits per heavy atom. The highest BCUT2D eigenvalue weighted by Gasteiger charge is 2.46. The van der Waals surface area contributed by atoms with Gasteiger partial charge >= 0.3 is 0 Å². The standard InChI is InChI=1S/C65H85N13O19/c1-34(79)37-30-39-53(59(88)55-54(57(39)86)56(85)38-13-8-16-44(92-3)52(38)58(55)87)45(31-37)97-51-32-42(60(93-4)35(2)96-51)74-48(82)33-73-61(89)40(14-9-21-71-64(66)67)76-62(90)41(15-10-22-72-65(68)69)77-63(91)43(29-36-11-6-5-7-12-36)75-47(81)20-25-94-27-28-95-26-23-70-46(80)19-24-78-49(83)17-18-50(78)84/h5-8,11-13,16-18,35,37,40-43,45,51,60,86,88H,9-10,14-15,19-33H2,1-4H3,(H,70,80)(H,73,89)(H,74,82)(H,75,81)(H,76,90)(H,77,91)(H4,66,67,71)(H4,68,69,72). The summed E-state index contributed by atoms with van der Waals surface area (Å²) in [5, 5.41) is 40.1. The minimum absolute atomic E-state index is 0.00478. The van der Waals surface area contributed by atoms with Gasteiger partial charge < -0.3 is 93.5 Å². The van der Waals surface area contributed by atoms with Crippen LogP contribution in [0.1, 0.15) is 120 Å². The Bertz CT molecular complexity index is 3490. The number of fused-ring (bicyclic) bond motifs is 3. The molecule has 0 radical (unpaired) electrons. The van der Waals surface area contributed by atoms with Crippen LogP contribution in [-0.4, -0.2) is 208 Å². The van der Waals surface area contributed by atoms with Crippen molar-refractivity contribution in [2.45, 2.75) is 127 Å². The molecule has 2 heterocycles. The van der Waals surface area contributed by atoms with Gasteiger partial charge in [-0.2, -0.15) is 0 Å². The normalized spacial score (nSPS) is 19.4. The summed E-state index contributed by atoms with van der Waals surface area (Å²) in [4.78, 5) is 156. The predicted octanol–water partition coefficient (Wildman–Crippen LogP) is -1.50. The molecule has 9 unspecified atom stereocenters. The number of amides is 8. The molecule has 1 saturated heterocycles. The van der Waals surface area contributed by atoms with E-state index in [1.807, 2.05) is 0 Å². The highest BCUT2D eigenvalue weighted by atomic mass is 16.7. The molecule has 97 heavy (non-hydrogen) atoms. The van der Waals surface area contributed by atoms with Gasteiger partial charge in [0, 0.05) is 93.7 Å². The lowest BCUT2D eigenvalue weighted by molar-refractivity contribution is -0.249. The molecule has 16 N–H and O–H groups in total. The fourth-order valence-corrected chi connectivity index (χ4v) is 11.8. The van der Waals surface area contributed by atoms with Crippen molar-refractivity contribution in [2.24, 2.45) is 38.8 Å². The number of benzene rings is 3. The number of hydrogen-bond donors (Lipinski definition) is 12. The van der Waals surface area contributed by atoms with Crippen LogP contribution in [0.2, 0.25) is 0 Å². The van der Waals surface area contributed by atoms with Gasteiger partial charge in [-0.15, -0.1) is 0 Å². The second-order valence-corrected chi connectivity index (χ2v) is 23.4. The molecule has 0 aromatic heterocycles. The Labute approximate surface area is 558 Å². The third kappa shape index (κ3) is 20.3. The summed E-state index contributed by atoms with van der Waals surface area (Å²) in [6.45, 7) is 2.81. The third-order valence-corrected chi connectivity index (χ3v) is 16.6. The summed E-state index contributed by atoms with van der Waals surface area (Å²) in [5.74, 6) is -9.18. The second-order valence-electron chi connectivity index (χ2n) is 23.4. The van der Waals surface area contributed by atoms with Gasteiger partial charge in [-0.25, -0.2) is 0 Å². The third-order valence-electron chi connectivity index (χ3n) is 16.6. The molecule has 1 fully saturated rings. The van der Waals surface area contributed by atoms with Crippen LogP contribution in [-0.2, 0) is 79.7 Å². The summed E-state index contributed by atoms with van der Waals surface area (Å²) in [6, 6.07) is 8.35. The number of phenolic OH excluding ortho intramolecular Hbond substituents is 2. The maximum atomic E-state index is 14.5. The highest BCUT2D eigenvalue weighted by Crippen LogP contribution is 2.52. The minimum Gasteiger partial charge on any atom is -0.507 e. The SMILES string of the molecule is COc1cccc2c1C(=O)c1c(O)c3c(c(O)c1C2=O)CC(C(C)=O)CC3OC1CC(NC(=O)CNC(=O)C(CCCN=C(N)N)NC(=O)C(CCCN=C(N)N)NC(=O)C(Cc2ccccc2)NC(=O)CCOCCOCCNC(=O)CCN2C(=O)C=CC2=O)C(OC)C(C)O1. The predicted molar refractivity (Wildman–Crippen MR) is 346 cm³/mol. The molecule has 0 bridgehead atoms. The van der Waals surface area contributed by atoms with Crippen LogP contribution in [0.4, 0.5) is 0 Å². The van der Waals surface area contributed by atoms with Crippen molar-refractivity contribution in [3.05, 3.63) is 99.6 Å². The van der Waals surface area contributed by atoms with Crippen LogP contribution in [0.3, 0.4) is 0 Å². The van der Waals surface area contributed by atoms with E-state index in [-0.39, 0.29) is 168 Å². The number of methoxy groups -OCH3 is 2. The van der Waals surface area contributed by atoms with Crippen molar-refractivity contribution < 1.29 is 91.4 Å². The van der Waals surface area contributed by atoms with E-state index in [2.05, 4.69) is 41.9 Å². The van der Waals surface area contributed by atoms with Gasteiger partial charge in [-0.1, -0.05) is 42.5 Å². The summed E-state index contributed by atoms with van der Waals surface area (Å²) in [6.07, 6.45) is -2.04. The van der Waals surface area contributed by atoms with Crippen LogP contribution >= 0.6 is 0 Å². The molecule has 8 amide bonds. The molecule has 2 aliphatic carbocycles. The average molecular weight is 1350 g/mol. The van der Waals surface area contributed by atoms with Crippen molar-refractivity contribution in [1.29, 1.82) is 0 Å². The van der Waals surface area contributed by atoms with Crippen molar-refractivity contribution >= 4 is 76.5 Å². The fraction of sp³-hybridized carbons (Fsp3) is 0.492. The monoisotopic (exact) mass is 1350 g/mol. The first kappa shape index (κ1) is 74.5. The molecule has 524 valence electrons. The Balaban J connectivity index is 0.979. The van der Waals surface area contributed by atoms with Crippen LogP contribution in [0.5, 0.6) is 17.2 Å². The number of ether oxygens (including phenoxy) is 6. The molecule has 0 saturated carbocycles. The molecule has 3 aromatic rings. The summed E-state index contributed by atoms with van der Waals surface area (Å²) >= 11 is 0. The Morgan fingerprint density at radius 1 is 0.691 bits per heavy atom. The summed E-state index contributed by atoms with van der Waals surface area (Å²) in [5.41, 5.74) is 21.9. The molecule has 7 rings (SSSR count). The number of hydrogen-bond acceptors (Lipinski definition) is 21. The lowest BCUT2D eigenvalue weighted by Gasteiger charge is -2.42. The topological polar surface area (TPSA) is 488 Å². The van der Waals surface area contributed by atoms with Gasteiger partial charge in [-0.3, -0.25) is 67.6 Å². The second kappa shape index (κ2) is 35.7. The zero-order chi connectivity index (χ0) is 70.5. The quantitative estimate of drug-likeness (QED) is 0.00811. The van der Waals surface area contributed by atoms with Crippen molar-refractivity contribution in [2.75, 3.05) is 73.4 Å². The number of ketones is 3. The van der Waals surface area contributed by atoms with Crippen LogP contribution in [0, 0.1) is 5.92 Å². The number of rotatable bonds is 36. The van der Waals surface area contributed by atoms with E-state index in [1.54, 1.807) is 37.3 Å². The van der Waals surface area contributed by atoms with Crippen LogP contribution < -0.4 is 59.6 Å². The van der Waals surface area contributed by atoms with E-state index in [4.69, 9.17) is 51.4 Å². The number of Topliss-reactive ketones (excluding diaryl/α,β-unsaturated/α-hetero) is 1. The molecule has 32 heteroatoms. The van der Waals surface area contributed by atoms with Gasteiger partial charge in [0.2, 0.25) is 41.2 Å². The Hall–Kier alpha value is -9.89. The smallest absolute Gasteiger partial charge is 0.253 e. The van der Waals surface area contributed by atoms with Gasteiger partial charge in [0.05, 0.1) is 75.0 Å². The number of aliphatic imine (C=N–C) groups is 2. The van der Waals surface area contributed by atoms with Gasteiger partial charge in [0.1, 0.15) is 47.3 Å². The molecular formula is C65H85N13O19.